The summed E-state index contributed by atoms with van der Waals surface area (Å²) in [6.07, 6.45) is 0. The minimum atomic E-state index is -0.282. The molecule has 0 saturated heterocycles. The van der Waals surface area contributed by atoms with Gasteiger partial charge in [-0.3, -0.25) is 0 Å². The zero-order valence-corrected chi connectivity index (χ0v) is 11.8. The summed E-state index contributed by atoms with van der Waals surface area (Å²) in [5.74, 6) is -0.282. The van der Waals surface area contributed by atoms with Crippen molar-refractivity contribution < 1.29 is 4.39 Å². The SMILES string of the molecule is Fc1cc(Cl)ccc1CNc1ccccc1I. The molecule has 88 valence electrons. The van der Waals surface area contributed by atoms with Crippen LogP contribution in [0.3, 0.4) is 0 Å². The van der Waals surface area contributed by atoms with Gasteiger partial charge in [0.05, 0.1) is 0 Å². The molecule has 0 aliphatic rings. The fourth-order valence-corrected chi connectivity index (χ4v) is 2.20. The fourth-order valence-electron chi connectivity index (χ4n) is 1.46. The maximum Gasteiger partial charge on any atom is 0.129 e. The molecule has 0 saturated carbocycles. The van der Waals surface area contributed by atoms with Crippen LogP contribution >= 0.6 is 34.2 Å². The van der Waals surface area contributed by atoms with Crippen LogP contribution in [-0.4, -0.2) is 0 Å². The second-order valence-electron chi connectivity index (χ2n) is 3.57. The lowest BCUT2D eigenvalue weighted by molar-refractivity contribution is 0.613. The van der Waals surface area contributed by atoms with Gasteiger partial charge in [0.15, 0.2) is 0 Å². The molecule has 0 fully saturated rings. The molecule has 0 unspecified atom stereocenters. The molecule has 0 aliphatic heterocycles. The van der Waals surface area contributed by atoms with Gasteiger partial charge < -0.3 is 5.32 Å². The number of para-hydroxylation sites is 1. The second kappa shape index (κ2) is 5.69. The predicted molar refractivity (Wildman–Crippen MR) is 77.9 cm³/mol. The van der Waals surface area contributed by atoms with E-state index >= 15 is 0 Å². The molecule has 17 heavy (non-hydrogen) atoms. The van der Waals surface area contributed by atoms with Crippen molar-refractivity contribution in [2.45, 2.75) is 6.54 Å². The minimum absolute atomic E-state index is 0.282. The molecule has 0 aliphatic carbocycles. The van der Waals surface area contributed by atoms with Crippen LogP contribution < -0.4 is 5.32 Å². The van der Waals surface area contributed by atoms with Crippen molar-refractivity contribution in [1.29, 1.82) is 0 Å². The van der Waals surface area contributed by atoms with E-state index in [0.717, 1.165) is 9.26 Å². The first kappa shape index (κ1) is 12.6. The zero-order chi connectivity index (χ0) is 12.3. The molecule has 0 aromatic heterocycles. The number of halogens is 3. The Morgan fingerprint density at radius 1 is 1.18 bits per heavy atom. The summed E-state index contributed by atoms with van der Waals surface area (Å²) >= 11 is 7.94. The van der Waals surface area contributed by atoms with Crippen molar-refractivity contribution in [3.05, 3.63) is 62.4 Å². The molecule has 0 heterocycles. The van der Waals surface area contributed by atoms with Gasteiger partial charge in [-0.25, -0.2) is 4.39 Å². The van der Waals surface area contributed by atoms with E-state index in [2.05, 4.69) is 27.9 Å². The Hall–Kier alpha value is -0.810. The number of hydrogen-bond acceptors (Lipinski definition) is 1. The molecule has 2 rings (SSSR count). The molecule has 0 radical (unpaired) electrons. The van der Waals surface area contributed by atoms with Crippen LogP contribution in [0.25, 0.3) is 0 Å². The average Bonchev–Trinajstić information content (AvgIpc) is 2.30. The van der Waals surface area contributed by atoms with E-state index in [9.17, 15) is 4.39 Å². The fraction of sp³-hybridized carbons (Fsp3) is 0.0769. The van der Waals surface area contributed by atoms with Crippen LogP contribution in [0, 0.1) is 9.39 Å². The lowest BCUT2D eigenvalue weighted by atomic mass is 10.2. The molecule has 0 spiro atoms. The van der Waals surface area contributed by atoms with Crippen molar-refractivity contribution in [1.82, 2.24) is 0 Å². The molecule has 0 bridgehead atoms. The number of hydrogen-bond donors (Lipinski definition) is 1. The van der Waals surface area contributed by atoms with Gasteiger partial charge in [0.25, 0.3) is 0 Å². The van der Waals surface area contributed by atoms with Crippen molar-refractivity contribution in [3.63, 3.8) is 0 Å². The third kappa shape index (κ3) is 3.33. The molecule has 2 aromatic rings. The molecule has 2 aromatic carbocycles. The number of anilines is 1. The van der Waals surface area contributed by atoms with E-state index < -0.39 is 0 Å². The molecule has 0 atom stereocenters. The lowest BCUT2D eigenvalue weighted by Crippen LogP contribution is -2.02. The first-order valence-corrected chi connectivity index (χ1v) is 6.55. The smallest absolute Gasteiger partial charge is 0.129 e. The molecular formula is C13H10ClFIN. The first-order valence-electron chi connectivity index (χ1n) is 5.09. The first-order chi connectivity index (χ1) is 8.16. The summed E-state index contributed by atoms with van der Waals surface area (Å²) in [5, 5.41) is 3.62. The lowest BCUT2D eigenvalue weighted by Gasteiger charge is -2.09. The highest BCUT2D eigenvalue weighted by Gasteiger charge is 2.03. The van der Waals surface area contributed by atoms with Gasteiger partial charge in [-0.05, 0) is 46.9 Å². The highest BCUT2D eigenvalue weighted by molar-refractivity contribution is 14.1. The van der Waals surface area contributed by atoms with Gasteiger partial charge in [-0.15, -0.1) is 0 Å². The highest BCUT2D eigenvalue weighted by Crippen LogP contribution is 2.19. The molecular weight excluding hydrogens is 352 g/mol. The Morgan fingerprint density at radius 3 is 2.65 bits per heavy atom. The zero-order valence-electron chi connectivity index (χ0n) is 8.88. The quantitative estimate of drug-likeness (QED) is 0.782. The Balaban J connectivity index is 2.10. The summed E-state index contributed by atoms with van der Waals surface area (Å²) in [6, 6.07) is 12.6. The largest absolute Gasteiger partial charge is 0.380 e. The van der Waals surface area contributed by atoms with Gasteiger partial charge in [0, 0.05) is 26.4 Å². The van der Waals surface area contributed by atoms with Crippen molar-refractivity contribution in [3.8, 4) is 0 Å². The molecule has 1 nitrogen and oxygen atoms in total. The standard InChI is InChI=1S/C13H10ClFIN/c14-10-6-5-9(11(15)7-10)8-17-13-4-2-1-3-12(13)16/h1-7,17H,8H2. The van der Waals surface area contributed by atoms with Crippen LogP contribution in [0.5, 0.6) is 0 Å². The third-order valence-electron chi connectivity index (χ3n) is 2.36. The van der Waals surface area contributed by atoms with E-state index in [-0.39, 0.29) is 5.82 Å². The molecule has 4 heteroatoms. The van der Waals surface area contributed by atoms with Gasteiger partial charge in [0.1, 0.15) is 5.82 Å². The van der Waals surface area contributed by atoms with E-state index in [1.54, 1.807) is 12.1 Å². The van der Waals surface area contributed by atoms with Gasteiger partial charge in [0.2, 0.25) is 0 Å². The van der Waals surface area contributed by atoms with E-state index in [1.165, 1.54) is 6.07 Å². The predicted octanol–water partition coefficient (Wildman–Crippen LogP) is 4.70. The maximum atomic E-state index is 13.5. The summed E-state index contributed by atoms with van der Waals surface area (Å²) in [5.41, 5.74) is 1.61. The Bertz CT molecular complexity index is 531. The number of rotatable bonds is 3. The van der Waals surface area contributed by atoms with Crippen LogP contribution in [0.1, 0.15) is 5.56 Å². The molecule has 1 N–H and O–H groups in total. The van der Waals surface area contributed by atoms with E-state index in [0.29, 0.717) is 17.1 Å². The third-order valence-corrected chi connectivity index (χ3v) is 3.53. The van der Waals surface area contributed by atoms with E-state index in [1.807, 2.05) is 24.3 Å². The summed E-state index contributed by atoms with van der Waals surface area (Å²) in [6.45, 7) is 0.447. The van der Waals surface area contributed by atoms with Crippen LogP contribution in [-0.2, 0) is 6.54 Å². The van der Waals surface area contributed by atoms with Crippen LogP contribution in [0.15, 0.2) is 42.5 Å². The normalized spacial score (nSPS) is 10.3. The van der Waals surface area contributed by atoms with Crippen molar-refractivity contribution in [2.75, 3.05) is 5.32 Å². The van der Waals surface area contributed by atoms with Crippen LogP contribution in [0.4, 0.5) is 10.1 Å². The summed E-state index contributed by atoms with van der Waals surface area (Å²) in [7, 11) is 0. The van der Waals surface area contributed by atoms with Crippen molar-refractivity contribution in [2.24, 2.45) is 0 Å². The average molecular weight is 362 g/mol. The topological polar surface area (TPSA) is 12.0 Å². The molecule has 0 amide bonds. The van der Waals surface area contributed by atoms with Gasteiger partial charge in [-0.2, -0.15) is 0 Å². The maximum absolute atomic E-state index is 13.5. The highest BCUT2D eigenvalue weighted by atomic mass is 127. The Morgan fingerprint density at radius 2 is 1.94 bits per heavy atom. The van der Waals surface area contributed by atoms with Gasteiger partial charge >= 0.3 is 0 Å². The van der Waals surface area contributed by atoms with Crippen molar-refractivity contribution >= 4 is 39.9 Å². The summed E-state index contributed by atoms with van der Waals surface area (Å²) < 4.78 is 14.6. The number of benzene rings is 2. The van der Waals surface area contributed by atoms with Gasteiger partial charge in [-0.1, -0.05) is 29.8 Å². The monoisotopic (exact) mass is 361 g/mol. The van der Waals surface area contributed by atoms with E-state index in [4.69, 9.17) is 11.6 Å². The number of nitrogens with one attached hydrogen (secondary N) is 1. The Labute approximate surface area is 118 Å². The minimum Gasteiger partial charge on any atom is -0.380 e. The van der Waals surface area contributed by atoms with Crippen LogP contribution in [0.2, 0.25) is 5.02 Å². The second-order valence-corrected chi connectivity index (χ2v) is 5.17. The summed E-state index contributed by atoms with van der Waals surface area (Å²) in [4.78, 5) is 0. The Kier molecular flexibility index (Phi) is 4.23.